The standard InChI is InChI=1S/C15H14F3NO/c1-10(19-11-5-4-6-12(20)9-11)13-7-2-3-8-14(13)15(16,17)18/h2-10,19-20H,1H3. The van der Waals surface area contributed by atoms with E-state index in [-0.39, 0.29) is 11.3 Å². The highest BCUT2D eigenvalue weighted by Crippen LogP contribution is 2.35. The summed E-state index contributed by atoms with van der Waals surface area (Å²) in [4.78, 5) is 0. The fourth-order valence-corrected chi connectivity index (χ4v) is 2.06. The number of aromatic hydroxyl groups is 1. The summed E-state index contributed by atoms with van der Waals surface area (Å²) in [6, 6.07) is 11.2. The lowest BCUT2D eigenvalue weighted by Crippen LogP contribution is -2.15. The Bertz CT molecular complexity index is 596. The van der Waals surface area contributed by atoms with Crippen LogP contribution < -0.4 is 5.32 Å². The zero-order chi connectivity index (χ0) is 14.8. The lowest BCUT2D eigenvalue weighted by atomic mass is 10.0. The topological polar surface area (TPSA) is 32.3 Å². The van der Waals surface area contributed by atoms with E-state index in [2.05, 4.69) is 5.32 Å². The predicted molar refractivity (Wildman–Crippen MR) is 71.6 cm³/mol. The molecule has 0 aliphatic rings. The van der Waals surface area contributed by atoms with Gasteiger partial charge in [0, 0.05) is 17.8 Å². The van der Waals surface area contributed by atoms with Gasteiger partial charge in [-0.3, -0.25) is 0 Å². The van der Waals surface area contributed by atoms with Crippen LogP contribution in [-0.2, 0) is 6.18 Å². The maximum Gasteiger partial charge on any atom is 0.416 e. The van der Waals surface area contributed by atoms with Gasteiger partial charge in [-0.15, -0.1) is 0 Å². The van der Waals surface area contributed by atoms with Gasteiger partial charge in [-0.25, -0.2) is 0 Å². The number of benzene rings is 2. The first kappa shape index (κ1) is 14.2. The second-order valence-corrected chi connectivity index (χ2v) is 4.50. The zero-order valence-corrected chi connectivity index (χ0v) is 10.8. The normalized spacial score (nSPS) is 13.0. The van der Waals surface area contributed by atoms with Crippen molar-refractivity contribution < 1.29 is 18.3 Å². The molecule has 0 heterocycles. The maximum absolute atomic E-state index is 12.9. The fourth-order valence-electron chi connectivity index (χ4n) is 2.06. The molecule has 2 rings (SSSR count). The minimum absolute atomic E-state index is 0.0614. The molecule has 0 amide bonds. The molecule has 1 atom stereocenters. The molecular formula is C15H14F3NO. The van der Waals surface area contributed by atoms with Crippen LogP contribution in [0.15, 0.2) is 48.5 Å². The highest BCUT2D eigenvalue weighted by Gasteiger charge is 2.34. The number of rotatable bonds is 3. The molecule has 0 fully saturated rings. The van der Waals surface area contributed by atoms with E-state index < -0.39 is 17.8 Å². The van der Waals surface area contributed by atoms with Crippen molar-refractivity contribution in [3.8, 4) is 5.75 Å². The monoisotopic (exact) mass is 281 g/mol. The fraction of sp³-hybridized carbons (Fsp3) is 0.200. The summed E-state index contributed by atoms with van der Waals surface area (Å²) in [6.07, 6.45) is -4.38. The van der Waals surface area contributed by atoms with Crippen molar-refractivity contribution in [1.82, 2.24) is 0 Å². The van der Waals surface area contributed by atoms with Crippen molar-refractivity contribution in [2.45, 2.75) is 19.1 Å². The molecule has 1 unspecified atom stereocenters. The Kier molecular flexibility index (Phi) is 3.88. The smallest absolute Gasteiger partial charge is 0.416 e. The Morgan fingerprint density at radius 1 is 1.05 bits per heavy atom. The van der Waals surface area contributed by atoms with E-state index in [1.807, 2.05) is 0 Å². The highest BCUT2D eigenvalue weighted by atomic mass is 19.4. The Hall–Kier alpha value is -2.17. The molecule has 0 aliphatic heterocycles. The number of phenols is 1. The third-order valence-electron chi connectivity index (χ3n) is 2.96. The van der Waals surface area contributed by atoms with Gasteiger partial charge >= 0.3 is 6.18 Å². The lowest BCUT2D eigenvalue weighted by molar-refractivity contribution is -0.138. The van der Waals surface area contributed by atoms with Gasteiger partial charge in [-0.2, -0.15) is 13.2 Å². The van der Waals surface area contributed by atoms with E-state index in [0.29, 0.717) is 5.69 Å². The number of nitrogens with one attached hydrogen (secondary N) is 1. The van der Waals surface area contributed by atoms with Gasteiger partial charge in [0.05, 0.1) is 5.56 Å². The minimum Gasteiger partial charge on any atom is -0.508 e. The third-order valence-corrected chi connectivity index (χ3v) is 2.96. The Morgan fingerprint density at radius 3 is 2.40 bits per heavy atom. The highest BCUT2D eigenvalue weighted by molar-refractivity contribution is 5.50. The van der Waals surface area contributed by atoms with Crippen LogP contribution in [0.5, 0.6) is 5.75 Å². The summed E-state index contributed by atoms with van der Waals surface area (Å²) in [7, 11) is 0. The quantitative estimate of drug-likeness (QED) is 0.862. The molecule has 0 saturated heterocycles. The molecule has 0 spiro atoms. The summed E-state index contributed by atoms with van der Waals surface area (Å²) in [6.45, 7) is 1.65. The summed E-state index contributed by atoms with van der Waals surface area (Å²) < 4.78 is 38.8. The first-order chi connectivity index (χ1) is 9.38. The van der Waals surface area contributed by atoms with Gasteiger partial charge in [-0.05, 0) is 30.7 Å². The molecular weight excluding hydrogens is 267 g/mol. The maximum atomic E-state index is 12.9. The Balaban J connectivity index is 2.28. The summed E-state index contributed by atoms with van der Waals surface area (Å²) in [5, 5.41) is 12.3. The van der Waals surface area contributed by atoms with Gasteiger partial charge in [0.25, 0.3) is 0 Å². The second-order valence-electron chi connectivity index (χ2n) is 4.50. The molecule has 0 bridgehead atoms. The van der Waals surface area contributed by atoms with Crippen molar-refractivity contribution in [2.75, 3.05) is 5.32 Å². The van der Waals surface area contributed by atoms with E-state index in [4.69, 9.17) is 0 Å². The molecule has 2 nitrogen and oxygen atoms in total. The second kappa shape index (κ2) is 5.45. The first-order valence-corrected chi connectivity index (χ1v) is 6.09. The van der Waals surface area contributed by atoms with Crippen LogP contribution in [0, 0.1) is 0 Å². The van der Waals surface area contributed by atoms with Gasteiger partial charge in [0.15, 0.2) is 0 Å². The molecule has 2 aromatic carbocycles. The Morgan fingerprint density at radius 2 is 1.75 bits per heavy atom. The van der Waals surface area contributed by atoms with Crippen LogP contribution in [0.4, 0.5) is 18.9 Å². The molecule has 0 saturated carbocycles. The molecule has 0 radical (unpaired) electrons. The number of hydrogen-bond acceptors (Lipinski definition) is 2. The van der Waals surface area contributed by atoms with Crippen molar-refractivity contribution >= 4 is 5.69 Å². The zero-order valence-electron chi connectivity index (χ0n) is 10.8. The average molecular weight is 281 g/mol. The van der Waals surface area contributed by atoms with E-state index in [1.165, 1.54) is 24.3 Å². The molecule has 2 aromatic rings. The van der Waals surface area contributed by atoms with E-state index in [9.17, 15) is 18.3 Å². The van der Waals surface area contributed by atoms with Crippen LogP contribution in [0.25, 0.3) is 0 Å². The lowest BCUT2D eigenvalue weighted by Gasteiger charge is -2.20. The van der Waals surface area contributed by atoms with Gasteiger partial charge < -0.3 is 10.4 Å². The summed E-state index contributed by atoms with van der Waals surface area (Å²) in [5.41, 5.74) is 0.0815. The minimum atomic E-state index is -4.38. The number of anilines is 1. The first-order valence-electron chi connectivity index (χ1n) is 6.09. The van der Waals surface area contributed by atoms with Crippen molar-refractivity contribution in [3.05, 3.63) is 59.7 Å². The van der Waals surface area contributed by atoms with Crippen molar-refractivity contribution in [2.24, 2.45) is 0 Å². The predicted octanol–water partition coefficient (Wildman–Crippen LogP) is 4.58. The molecule has 0 aliphatic carbocycles. The van der Waals surface area contributed by atoms with Crippen LogP contribution in [0.1, 0.15) is 24.1 Å². The largest absolute Gasteiger partial charge is 0.508 e. The van der Waals surface area contributed by atoms with Crippen molar-refractivity contribution in [3.63, 3.8) is 0 Å². The van der Waals surface area contributed by atoms with Gasteiger partial charge in [-0.1, -0.05) is 24.3 Å². The van der Waals surface area contributed by atoms with Crippen LogP contribution in [0.3, 0.4) is 0 Å². The average Bonchev–Trinajstić information content (AvgIpc) is 2.37. The van der Waals surface area contributed by atoms with E-state index in [1.54, 1.807) is 25.1 Å². The van der Waals surface area contributed by atoms with Crippen LogP contribution in [0.2, 0.25) is 0 Å². The van der Waals surface area contributed by atoms with E-state index in [0.717, 1.165) is 6.07 Å². The molecule has 106 valence electrons. The number of hydrogen-bond donors (Lipinski definition) is 2. The molecule has 0 aromatic heterocycles. The number of phenolic OH excluding ortho intramolecular Hbond substituents is 1. The summed E-state index contributed by atoms with van der Waals surface area (Å²) >= 11 is 0. The van der Waals surface area contributed by atoms with E-state index >= 15 is 0 Å². The third kappa shape index (κ3) is 3.23. The van der Waals surface area contributed by atoms with Gasteiger partial charge in [0.1, 0.15) is 5.75 Å². The SMILES string of the molecule is CC(Nc1cccc(O)c1)c1ccccc1C(F)(F)F. The molecule has 20 heavy (non-hydrogen) atoms. The van der Waals surface area contributed by atoms with Gasteiger partial charge in [0.2, 0.25) is 0 Å². The van der Waals surface area contributed by atoms with Crippen molar-refractivity contribution in [1.29, 1.82) is 0 Å². The number of halogens is 3. The van der Waals surface area contributed by atoms with Crippen LogP contribution in [-0.4, -0.2) is 5.11 Å². The Labute approximate surface area is 114 Å². The van der Waals surface area contributed by atoms with Crippen LogP contribution >= 0.6 is 0 Å². The molecule has 5 heteroatoms. The summed E-state index contributed by atoms with van der Waals surface area (Å²) in [5.74, 6) is 0.0614. The number of alkyl halides is 3. The molecule has 2 N–H and O–H groups in total.